The highest BCUT2D eigenvalue weighted by Crippen LogP contribution is 2.19. The molecule has 2 aromatic heterocycles. The molecular weight excluding hydrogens is 246 g/mol. The first-order chi connectivity index (χ1) is 8.74. The minimum atomic E-state index is -0.889. The van der Waals surface area contributed by atoms with Crippen LogP contribution in [0.5, 0.6) is 0 Å². The second kappa shape index (κ2) is 4.31. The summed E-state index contributed by atoms with van der Waals surface area (Å²) in [6.07, 6.45) is 1.99. The molecule has 90 valence electrons. The molecule has 3 aromatic rings. The first-order valence-corrected chi connectivity index (χ1v) is 6.51. The van der Waals surface area contributed by atoms with Gasteiger partial charge in [0.25, 0.3) is 0 Å². The van der Waals surface area contributed by atoms with E-state index in [0.717, 1.165) is 17.4 Å². The molecule has 0 bridgehead atoms. The van der Waals surface area contributed by atoms with Crippen molar-refractivity contribution >= 4 is 28.2 Å². The van der Waals surface area contributed by atoms with Crippen LogP contribution < -0.4 is 0 Å². The van der Waals surface area contributed by atoms with Crippen molar-refractivity contribution in [1.29, 1.82) is 0 Å². The van der Waals surface area contributed by atoms with Gasteiger partial charge >= 0.3 is 5.97 Å². The van der Waals surface area contributed by atoms with E-state index in [1.807, 2.05) is 23.7 Å². The van der Waals surface area contributed by atoms with Gasteiger partial charge in [0.15, 0.2) is 0 Å². The molecule has 4 heteroatoms. The molecule has 0 unspecified atom stereocenters. The van der Waals surface area contributed by atoms with Crippen LogP contribution in [0, 0.1) is 0 Å². The van der Waals surface area contributed by atoms with Crippen molar-refractivity contribution in [1.82, 2.24) is 4.57 Å². The summed E-state index contributed by atoms with van der Waals surface area (Å²) in [6.45, 7) is 0.774. The van der Waals surface area contributed by atoms with E-state index < -0.39 is 5.97 Å². The molecule has 0 aliphatic carbocycles. The average Bonchev–Trinajstić information content (AvgIpc) is 2.99. The lowest BCUT2D eigenvalue weighted by atomic mass is 10.1. The maximum Gasteiger partial charge on any atom is 0.335 e. The number of aromatic nitrogens is 1. The van der Waals surface area contributed by atoms with Gasteiger partial charge in [-0.2, -0.15) is 11.3 Å². The number of carboxylic acid groups (broad SMARTS) is 1. The number of hydrogen-bond acceptors (Lipinski definition) is 2. The molecule has 0 atom stereocenters. The largest absolute Gasteiger partial charge is 0.478 e. The molecule has 18 heavy (non-hydrogen) atoms. The molecule has 0 aliphatic rings. The van der Waals surface area contributed by atoms with Crippen molar-refractivity contribution in [2.75, 3.05) is 0 Å². The number of nitrogens with zero attached hydrogens (tertiary/aromatic N) is 1. The smallest absolute Gasteiger partial charge is 0.335 e. The second-order valence-electron chi connectivity index (χ2n) is 4.15. The van der Waals surface area contributed by atoms with Crippen LogP contribution >= 0.6 is 11.3 Å². The fourth-order valence-corrected chi connectivity index (χ4v) is 2.69. The summed E-state index contributed by atoms with van der Waals surface area (Å²) in [5.41, 5.74) is 2.52. The maximum absolute atomic E-state index is 11.0. The predicted octanol–water partition coefficient (Wildman–Crippen LogP) is 3.45. The van der Waals surface area contributed by atoms with Crippen LogP contribution in [0.15, 0.2) is 47.3 Å². The lowest BCUT2D eigenvalue weighted by Crippen LogP contribution is -1.99. The Kier molecular flexibility index (Phi) is 2.64. The number of benzene rings is 1. The molecule has 3 nitrogen and oxygen atoms in total. The van der Waals surface area contributed by atoms with Crippen LogP contribution in [0.25, 0.3) is 10.9 Å². The molecule has 1 aromatic carbocycles. The number of thiophene rings is 1. The Morgan fingerprint density at radius 3 is 2.89 bits per heavy atom. The van der Waals surface area contributed by atoms with Gasteiger partial charge in [0.1, 0.15) is 0 Å². The summed E-state index contributed by atoms with van der Waals surface area (Å²) >= 11 is 1.67. The molecule has 1 N–H and O–H groups in total. The van der Waals surface area contributed by atoms with Crippen LogP contribution in [0.2, 0.25) is 0 Å². The van der Waals surface area contributed by atoms with Crippen molar-refractivity contribution in [2.24, 2.45) is 0 Å². The highest BCUT2D eigenvalue weighted by atomic mass is 32.1. The first kappa shape index (κ1) is 11.0. The third kappa shape index (κ3) is 1.91. The van der Waals surface area contributed by atoms with Crippen molar-refractivity contribution in [3.63, 3.8) is 0 Å². The van der Waals surface area contributed by atoms with E-state index in [1.54, 1.807) is 23.5 Å². The van der Waals surface area contributed by atoms with Crippen LogP contribution in [0.3, 0.4) is 0 Å². The third-order valence-electron chi connectivity index (χ3n) is 2.95. The molecular formula is C14H11NO2S. The molecule has 2 heterocycles. The summed E-state index contributed by atoms with van der Waals surface area (Å²) in [5, 5.41) is 14.2. The van der Waals surface area contributed by atoms with Gasteiger partial charge < -0.3 is 9.67 Å². The van der Waals surface area contributed by atoms with Gasteiger partial charge in [-0.05, 0) is 46.0 Å². The normalized spacial score (nSPS) is 10.9. The lowest BCUT2D eigenvalue weighted by Gasteiger charge is -2.04. The number of rotatable bonds is 3. The van der Waals surface area contributed by atoms with E-state index >= 15 is 0 Å². The van der Waals surface area contributed by atoms with Gasteiger partial charge in [-0.25, -0.2) is 4.79 Å². The molecule has 0 spiro atoms. The van der Waals surface area contributed by atoms with Gasteiger partial charge in [-0.15, -0.1) is 0 Å². The van der Waals surface area contributed by atoms with Crippen molar-refractivity contribution < 1.29 is 9.90 Å². The number of fused-ring (bicyclic) bond motifs is 1. The number of carboxylic acids is 1. The lowest BCUT2D eigenvalue weighted by molar-refractivity contribution is 0.0697. The zero-order valence-corrected chi connectivity index (χ0v) is 10.4. The van der Waals surface area contributed by atoms with E-state index in [9.17, 15) is 4.79 Å². The minimum absolute atomic E-state index is 0.327. The molecule has 0 fully saturated rings. The fourth-order valence-electron chi connectivity index (χ4n) is 2.03. The van der Waals surface area contributed by atoms with Crippen molar-refractivity contribution in [3.8, 4) is 0 Å². The van der Waals surface area contributed by atoms with Gasteiger partial charge in [0, 0.05) is 18.3 Å². The van der Waals surface area contributed by atoms with E-state index in [-0.39, 0.29) is 0 Å². The number of hydrogen-bond donors (Lipinski definition) is 1. The first-order valence-electron chi connectivity index (χ1n) is 5.57. The van der Waals surface area contributed by atoms with E-state index in [4.69, 9.17) is 5.11 Å². The minimum Gasteiger partial charge on any atom is -0.478 e. The Balaban J connectivity index is 2.06. The van der Waals surface area contributed by atoms with Gasteiger partial charge in [0.05, 0.1) is 5.56 Å². The number of carbonyl (C=O) groups is 1. The van der Waals surface area contributed by atoms with Crippen LogP contribution in [0.4, 0.5) is 0 Å². The molecule has 0 amide bonds. The topological polar surface area (TPSA) is 42.2 Å². The molecule has 0 saturated carbocycles. The Hall–Kier alpha value is -2.07. The molecule has 0 radical (unpaired) electrons. The summed E-state index contributed by atoms with van der Waals surface area (Å²) in [6, 6.07) is 9.30. The summed E-state index contributed by atoms with van der Waals surface area (Å²) < 4.78 is 2.07. The zero-order valence-electron chi connectivity index (χ0n) is 9.54. The summed E-state index contributed by atoms with van der Waals surface area (Å²) in [4.78, 5) is 11.0. The molecule has 0 aliphatic heterocycles. The Bertz CT molecular complexity index is 698. The standard InChI is InChI=1S/C14H11NO2S/c16-14(17)12-2-1-11-3-5-15(13(11)7-12)8-10-4-6-18-9-10/h1-7,9H,8H2,(H,16,17). The highest BCUT2D eigenvalue weighted by Gasteiger charge is 2.07. The number of aromatic carboxylic acids is 1. The quantitative estimate of drug-likeness (QED) is 0.780. The van der Waals surface area contributed by atoms with Crippen LogP contribution in [-0.4, -0.2) is 15.6 Å². The highest BCUT2D eigenvalue weighted by molar-refractivity contribution is 7.07. The van der Waals surface area contributed by atoms with Crippen LogP contribution in [0.1, 0.15) is 15.9 Å². The molecule has 3 rings (SSSR count). The SMILES string of the molecule is O=C(O)c1ccc2ccn(Cc3ccsc3)c2c1. The van der Waals surface area contributed by atoms with Gasteiger partial charge in [-0.3, -0.25) is 0 Å². The second-order valence-corrected chi connectivity index (χ2v) is 4.93. The zero-order chi connectivity index (χ0) is 12.5. The fraction of sp³-hybridized carbons (Fsp3) is 0.0714. The predicted molar refractivity (Wildman–Crippen MR) is 72.3 cm³/mol. The van der Waals surface area contributed by atoms with Crippen molar-refractivity contribution in [2.45, 2.75) is 6.54 Å². The van der Waals surface area contributed by atoms with Gasteiger partial charge in [0.2, 0.25) is 0 Å². The molecule has 0 saturated heterocycles. The van der Waals surface area contributed by atoms with E-state index in [0.29, 0.717) is 5.56 Å². The Labute approximate surface area is 108 Å². The Morgan fingerprint density at radius 2 is 2.17 bits per heavy atom. The summed E-state index contributed by atoms with van der Waals surface area (Å²) in [5.74, 6) is -0.889. The van der Waals surface area contributed by atoms with Gasteiger partial charge in [-0.1, -0.05) is 6.07 Å². The maximum atomic E-state index is 11.0. The van der Waals surface area contributed by atoms with Crippen molar-refractivity contribution in [3.05, 3.63) is 58.4 Å². The van der Waals surface area contributed by atoms with E-state index in [2.05, 4.69) is 16.0 Å². The average molecular weight is 257 g/mol. The summed E-state index contributed by atoms with van der Waals surface area (Å²) in [7, 11) is 0. The Morgan fingerprint density at radius 1 is 1.28 bits per heavy atom. The third-order valence-corrected chi connectivity index (χ3v) is 3.69. The van der Waals surface area contributed by atoms with Crippen LogP contribution in [-0.2, 0) is 6.54 Å². The van der Waals surface area contributed by atoms with E-state index in [1.165, 1.54) is 5.56 Å². The monoisotopic (exact) mass is 257 g/mol.